The Morgan fingerprint density at radius 3 is 2.17 bits per heavy atom. The fourth-order valence-corrected chi connectivity index (χ4v) is 2.72. The summed E-state index contributed by atoms with van der Waals surface area (Å²) in [7, 11) is 0. The standard InChI is InChI=1S/C13H19NO4/c1-3-12(4-2)7-9(15)14(10(12)16)8-13(5-6-13)11(17)18/h3-8H2,1-2H3,(H,17,18). The number of carboxylic acids is 1. The van der Waals surface area contributed by atoms with E-state index in [4.69, 9.17) is 5.11 Å². The van der Waals surface area contributed by atoms with Crippen molar-refractivity contribution in [3.8, 4) is 0 Å². The third kappa shape index (κ3) is 1.72. The lowest BCUT2D eigenvalue weighted by Gasteiger charge is -2.25. The van der Waals surface area contributed by atoms with E-state index in [9.17, 15) is 14.4 Å². The van der Waals surface area contributed by atoms with Gasteiger partial charge in [0.05, 0.1) is 10.8 Å². The van der Waals surface area contributed by atoms with Gasteiger partial charge in [0.25, 0.3) is 0 Å². The average Bonchev–Trinajstić information content (AvgIpc) is 3.08. The lowest BCUT2D eigenvalue weighted by Crippen LogP contribution is -2.41. The number of nitrogens with zero attached hydrogens (tertiary/aromatic N) is 1. The van der Waals surface area contributed by atoms with Gasteiger partial charge >= 0.3 is 5.97 Å². The van der Waals surface area contributed by atoms with Crippen LogP contribution in [-0.4, -0.2) is 34.3 Å². The Labute approximate surface area is 106 Å². The van der Waals surface area contributed by atoms with Crippen LogP contribution >= 0.6 is 0 Å². The first kappa shape index (κ1) is 13.1. The molecule has 1 heterocycles. The van der Waals surface area contributed by atoms with Gasteiger partial charge in [-0.15, -0.1) is 0 Å². The smallest absolute Gasteiger partial charge is 0.311 e. The molecule has 18 heavy (non-hydrogen) atoms. The van der Waals surface area contributed by atoms with Crippen LogP contribution in [0.2, 0.25) is 0 Å². The summed E-state index contributed by atoms with van der Waals surface area (Å²) < 4.78 is 0. The molecule has 1 aliphatic carbocycles. The van der Waals surface area contributed by atoms with Gasteiger partial charge in [-0.3, -0.25) is 19.3 Å². The normalized spacial score (nSPS) is 24.4. The zero-order chi connectivity index (χ0) is 13.6. The molecule has 0 aromatic carbocycles. The first-order chi connectivity index (χ1) is 8.41. The van der Waals surface area contributed by atoms with E-state index in [-0.39, 0.29) is 24.8 Å². The van der Waals surface area contributed by atoms with Crippen LogP contribution in [0, 0.1) is 10.8 Å². The third-order valence-corrected chi connectivity index (χ3v) is 4.61. The molecule has 5 heteroatoms. The molecule has 1 saturated heterocycles. The Morgan fingerprint density at radius 1 is 1.28 bits per heavy atom. The molecule has 0 radical (unpaired) electrons. The van der Waals surface area contributed by atoms with Crippen molar-refractivity contribution in [2.24, 2.45) is 10.8 Å². The zero-order valence-electron chi connectivity index (χ0n) is 10.9. The summed E-state index contributed by atoms with van der Waals surface area (Å²) in [6.45, 7) is 3.87. The Bertz CT molecular complexity index is 407. The second-order valence-corrected chi connectivity index (χ2v) is 5.53. The molecule has 100 valence electrons. The molecule has 0 bridgehead atoms. The largest absolute Gasteiger partial charge is 0.481 e. The summed E-state index contributed by atoms with van der Waals surface area (Å²) in [6.07, 6.45) is 2.61. The summed E-state index contributed by atoms with van der Waals surface area (Å²) in [6, 6.07) is 0. The number of rotatable bonds is 5. The predicted molar refractivity (Wildman–Crippen MR) is 63.7 cm³/mol. The van der Waals surface area contributed by atoms with Crippen molar-refractivity contribution in [2.45, 2.75) is 46.0 Å². The van der Waals surface area contributed by atoms with Gasteiger partial charge in [-0.25, -0.2) is 0 Å². The second-order valence-electron chi connectivity index (χ2n) is 5.53. The van der Waals surface area contributed by atoms with E-state index in [1.165, 1.54) is 4.90 Å². The Kier molecular flexibility index (Phi) is 2.95. The van der Waals surface area contributed by atoms with E-state index < -0.39 is 16.8 Å². The Hall–Kier alpha value is -1.39. The van der Waals surface area contributed by atoms with Crippen LogP contribution in [0.3, 0.4) is 0 Å². The van der Waals surface area contributed by atoms with E-state index in [1.807, 2.05) is 13.8 Å². The number of imide groups is 1. The minimum Gasteiger partial charge on any atom is -0.481 e. The molecule has 0 spiro atoms. The van der Waals surface area contributed by atoms with Gasteiger partial charge in [0, 0.05) is 13.0 Å². The third-order valence-electron chi connectivity index (χ3n) is 4.61. The second kappa shape index (κ2) is 4.07. The number of carbonyl (C=O) groups is 3. The summed E-state index contributed by atoms with van der Waals surface area (Å²) in [5.41, 5.74) is -1.45. The van der Waals surface area contributed by atoms with Crippen LogP contribution in [-0.2, 0) is 14.4 Å². The van der Waals surface area contributed by atoms with Gasteiger partial charge in [-0.1, -0.05) is 13.8 Å². The molecule has 2 aliphatic rings. The highest BCUT2D eigenvalue weighted by atomic mass is 16.4. The van der Waals surface area contributed by atoms with E-state index in [0.717, 1.165) is 0 Å². The highest BCUT2D eigenvalue weighted by Crippen LogP contribution is 2.49. The van der Waals surface area contributed by atoms with Crippen molar-refractivity contribution in [3.63, 3.8) is 0 Å². The van der Waals surface area contributed by atoms with Crippen molar-refractivity contribution < 1.29 is 19.5 Å². The molecule has 2 rings (SSSR count). The molecule has 1 saturated carbocycles. The van der Waals surface area contributed by atoms with Crippen molar-refractivity contribution in [1.82, 2.24) is 4.90 Å². The van der Waals surface area contributed by atoms with Crippen molar-refractivity contribution in [3.05, 3.63) is 0 Å². The van der Waals surface area contributed by atoms with E-state index in [2.05, 4.69) is 0 Å². The minimum absolute atomic E-state index is 0.0573. The number of amides is 2. The molecule has 0 aromatic rings. The van der Waals surface area contributed by atoms with E-state index in [1.54, 1.807) is 0 Å². The quantitative estimate of drug-likeness (QED) is 0.752. The fourth-order valence-electron chi connectivity index (χ4n) is 2.72. The van der Waals surface area contributed by atoms with Gasteiger partial charge in [0.15, 0.2) is 0 Å². The lowest BCUT2D eigenvalue weighted by molar-refractivity contribution is -0.148. The lowest BCUT2D eigenvalue weighted by atomic mass is 9.81. The molecule has 0 atom stereocenters. The molecule has 5 nitrogen and oxygen atoms in total. The number of carbonyl (C=O) groups excluding carboxylic acids is 2. The van der Waals surface area contributed by atoms with Crippen LogP contribution < -0.4 is 0 Å². The summed E-state index contributed by atoms with van der Waals surface area (Å²) >= 11 is 0. The Balaban J connectivity index is 2.18. The average molecular weight is 253 g/mol. The van der Waals surface area contributed by atoms with Crippen LogP contribution in [0.25, 0.3) is 0 Å². The van der Waals surface area contributed by atoms with Gasteiger partial charge in [0.1, 0.15) is 0 Å². The van der Waals surface area contributed by atoms with Crippen molar-refractivity contribution in [2.75, 3.05) is 6.54 Å². The Morgan fingerprint density at radius 2 is 1.83 bits per heavy atom. The van der Waals surface area contributed by atoms with Crippen molar-refractivity contribution in [1.29, 1.82) is 0 Å². The fraction of sp³-hybridized carbons (Fsp3) is 0.769. The number of hydrogen-bond donors (Lipinski definition) is 1. The number of likely N-dealkylation sites (tertiary alicyclic amines) is 1. The van der Waals surface area contributed by atoms with Gasteiger partial charge in [0.2, 0.25) is 11.8 Å². The van der Waals surface area contributed by atoms with E-state index >= 15 is 0 Å². The topological polar surface area (TPSA) is 74.7 Å². The molecule has 0 unspecified atom stereocenters. The predicted octanol–water partition coefficient (Wildman–Crippen LogP) is 1.42. The highest BCUT2D eigenvalue weighted by molar-refractivity contribution is 6.06. The zero-order valence-corrected chi connectivity index (χ0v) is 10.9. The van der Waals surface area contributed by atoms with Crippen LogP contribution in [0.5, 0.6) is 0 Å². The number of aliphatic carboxylic acids is 1. The summed E-state index contributed by atoms with van der Waals surface area (Å²) in [5, 5.41) is 9.13. The highest BCUT2D eigenvalue weighted by Gasteiger charge is 2.57. The molecule has 2 fully saturated rings. The maximum Gasteiger partial charge on any atom is 0.311 e. The molecular weight excluding hydrogens is 234 g/mol. The van der Waals surface area contributed by atoms with E-state index in [0.29, 0.717) is 25.7 Å². The molecular formula is C13H19NO4. The van der Waals surface area contributed by atoms with Crippen LogP contribution in [0.15, 0.2) is 0 Å². The first-order valence-corrected chi connectivity index (χ1v) is 6.49. The first-order valence-electron chi connectivity index (χ1n) is 6.49. The van der Waals surface area contributed by atoms with Gasteiger partial charge in [-0.05, 0) is 25.7 Å². The maximum atomic E-state index is 12.3. The van der Waals surface area contributed by atoms with Gasteiger partial charge in [-0.2, -0.15) is 0 Å². The minimum atomic E-state index is -0.895. The number of hydrogen-bond acceptors (Lipinski definition) is 3. The molecule has 0 aromatic heterocycles. The summed E-state index contributed by atoms with van der Waals surface area (Å²) in [4.78, 5) is 36.6. The SMILES string of the molecule is CCC1(CC)CC(=O)N(CC2(C(=O)O)CC2)C1=O. The van der Waals surface area contributed by atoms with Crippen LogP contribution in [0.1, 0.15) is 46.0 Å². The summed E-state index contributed by atoms with van der Waals surface area (Å²) in [5.74, 6) is -1.28. The molecule has 1 aliphatic heterocycles. The molecule has 1 N–H and O–H groups in total. The molecule has 2 amide bonds. The van der Waals surface area contributed by atoms with Crippen LogP contribution in [0.4, 0.5) is 0 Å². The maximum absolute atomic E-state index is 12.3. The number of carboxylic acid groups (broad SMARTS) is 1. The van der Waals surface area contributed by atoms with Gasteiger partial charge < -0.3 is 5.11 Å². The monoisotopic (exact) mass is 253 g/mol. The van der Waals surface area contributed by atoms with Crippen molar-refractivity contribution >= 4 is 17.8 Å².